The van der Waals surface area contributed by atoms with Gasteiger partial charge in [-0.1, -0.05) is 30.6 Å². The summed E-state index contributed by atoms with van der Waals surface area (Å²) < 4.78 is 5.38. The number of aromatic nitrogens is 4. The highest BCUT2D eigenvalue weighted by molar-refractivity contribution is 6.32. The van der Waals surface area contributed by atoms with Gasteiger partial charge in [-0.3, -0.25) is 4.79 Å². The van der Waals surface area contributed by atoms with Gasteiger partial charge in [0.2, 0.25) is 5.91 Å². The van der Waals surface area contributed by atoms with E-state index in [1.54, 1.807) is 6.20 Å². The Balaban J connectivity index is 1.54. The monoisotopic (exact) mass is 361 g/mol. The van der Waals surface area contributed by atoms with Crippen molar-refractivity contribution in [1.82, 2.24) is 25.0 Å². The second kappa shape index (κ2) is 6.37. The van der Waals surface area contributed by atoms with Crippen molar-refractivity contribution in [1.29, 1.82) is 0 Å². The maximum Gasteiger partial charge on any atom is 0.278 e. The number of hydrogen-bond acceptors (Lipinski definition) is 6. The maximum absolute atomic E-state index is 12.2. The third-order valence-corrected chi connectivity index (χ3v) is 4.96. The zero-order chi connectivity index (χ0) is 17.6. The first-order valence-electron chi connectivity index (χ1n) is 8.65. The molecule has 2 aliphatic rings. The van der Waals surface area contributed by atoms with Crippen LogP contribution in [0.1, 0.15) is 56.6 Å². The van der Waals surface area contributed by atoms with Gasteiger partial charge in [-0.05, 0) is 18.8 Å². The first-order chi connectivity index (χ1) is 12.0. The van der Waals surface area contributed by atoms with Crippen molar-refractivity contribution in [3.05, 3.63) is 22.9 Å². The van der Waals surface area contributed by atoms with Gasteiger partial charge in [0.1, 0.15) is 5.82 Å². The Kier molecular flexibility index (Phi) is 4.19. The highest BCUT2D eigenvalue weighted by atomic mass is 35.5. The summed E-state index contributed by atoms with van der Waals surface area (Å²) in [6, 6.07) is 0. The van der Waals surface area contributed by atoms with Crippen molar-refractivity contribution >= 4 is 17.5 Å². The SMILES string of the molecule is CC(C)c1ncc(Cl)c(-c2nc(C3CC(=O)N(CC4CC4)C3)no2)n1. The highest BCUT2D eigenvalue weighted by Crippen LogP contribution is 2.34. The van der Waals surface area contributed by atoms with E-state index in [0.29, 0.717) is 41.2 Å². The van der Waals surface area contributed by atoms with Crippen molar-refractivity contribution < 1.29 is 9.32 Å². The standard InChI is InChI=1S/C17H20ClN5O2/c1-9(2)15-19-6-12(18)14(20-15)17-21-16(22-25-17)11-5-13(24)23(8-11)7-10-3-4-10/h6,9-11H,3-5,7-8H2,1-2H3. The minimum absolute atomic E-state index is 0.0334. The molecule has 1 saturated carbocycles. The maximum atomic E-state index is 12.2. The number of hydrogen-bond donors (Lipinski definition) is 0. The van der Waals surface area contributed by atoms with Gasteiger partial charge in [0.05, 0.1) is 11.2 Å². The lowest BCUT2D eigenvalue weighted by Gasteiger charge is -2.14. The minimum Gasteiger partial charge on any atom is -0.342 e. The summed E-state index contributed by atoms with van der Waals surface area (Å²) >= 11 is 6.20. The van der Waals surface area contributed by atoms with Crippen LogP contribution in [0.4, 0.5) is 0 Å². The first-order valence-corrected chi connectivity index (χ1v) is 9.03. The van der Waals surface area contributed by atoms with Gasteiger partial charge in [-0.25, -0.2) is 9.97 Å². The Labute approximate surface area is 150 Å². The third-order valence-electron chi connectivity index (χ3n) is 4.68. The van der Waals surface area contributed by atoms with Crippen LogP contribution < -0.4 is 0 Å². The van der Waals surface area contributed by atoms with E-state index >= 15 is 0 Å². The Bertz CT molecular complexity index is 802. The lowest BCUT2D eigenvalue weighted by molar-refractivity contribution is -0.127. The highest BCUT2D eigenvalue weighted by Gasteiger charge is 2.36. The molecular formula is C17H20ClN5O2. The smallest absolute Gasteiger partial charge is 0.278 e. The van der Waals surface area contributed by atoms with E-state index in [9.17, 15) is 4.79 Å². The first kappa shape index (κ1) is 16.4. The summed E-state index contributed by atoms with van der Waals surface area (Å²) in [4.78, 5) is 27.2. The summed E-state index contributed by atoms with van der Waals surface area (Å²) in [5.41, 5.74) is 0.443. The molecule has 3 heterocycles. The molecule has 8 heteroatoms. The molecule has 0 radical (unpaired) electrons. The Morgan fingerprint density at radius 2 is 2.16 bits per heavy atom. The van der Waals surface area contributed by atoms with Crippen LogP contribution in [-0.2, 0) is 4.79 Å². The topological polar surface area (TPSA) is 85.0 Å². The van der Waals surface area contributed by atoms with Gasteiger partial charge in [-0.2, -0.15) is 4.98 Å². The van der Waals surface area contributed by atoms with Crippen molar-refractivity contribution in [2.24, 2.45) is 5.92 Å². The number of nitrogens with zero attached hydrogens (tertiary/aromatic N) is 5. The van der Waals surface area contributed by atoms with Crippen LogP contribution in [0.15, 0.2) is 10.7 Å². The molecule has 1 atom stereocenters. The number of amides is 1. The van der Waals surface area contributed by atoms with E-state index in [0.717, 1.165) is 6.54 Å². The minimum atomic E-state index is -0.0334. The average molecular weight is 362 g/mol. The molecule has 2 aromatic rings. The van der Waals surface area contributed by atoms with Crippen molar-refractivity contribution in [2.75, 3.05) is 13.1 Å². The van der Waals surface area contributed by atoms with Crippen LogP contribution in [-0.4, -0.2) is 44.0 Å². The number of carbonyl (C=O) groups excluding carboxylic acids is 1. The molecule has 1 amide bonds. The third kappa shape index (κ3) is 3.38. The summed E-state index contributed by atoms with van der Waals surface area (Å²) in [7, 11) is 0. The fraction of sp³-hybridized carbons (Fsp3) is 0.588. The van der Waals surface area contributed by atoms with Gasteiger partial charge in [-0.15, -0.1) is 0 Å². The molecule has 0 N–H and O–H groups in total. The molecule has 4 rings (SSSR count). The molecule has 1 unspecified atom stereocenters. The summed E-state index contributed by atoms with van der Waals surface area (Å²) in [6.45, 7) is 5.52. The van der Waals surface area contributed by atoms with E-state index in [-0.39, 0.29) is 23.6 Å². The van der Waals surface area contributed by atoms with E-state index in [4.69, 9.17) is 16.1 Å². The van der Waals surface area contributed by atoms with Crippen molar-refractivity contribution in [3.8, 4) is 11.6 Å². The normalized spacial score (nSPS) is 20.7. The second-order valence-corrected chi connectivity index (χ2v) is 7.59. The molecular weight excluding hydrogens is 342 g/mol. The number of likely N-dealkylation sites (tertiary alicyclic amines) is 1. The van der Waals surface area contributed by atoms with Crippen LogP contribution in [0.2, 0.25) is 5.02 Å². The van der Waals surface area contributed by atoms with E-state index in [1.165, 1.54) is 12.8 Å². The van der Waals surface area contributed by atoms with E-state index in [2.05, 4.69) is 20.1 Å². The zero-order valence-corrected chi connectivity index (χ0v) is 15.0. The summed E-state index contributed by atoms with van der Waals surface area (Å²) in [5, 5.41) is 4.44. The molecule has 1 saturated heterocycles. The lowest BCUT2D eigenvalue weighted by Crippen LogP contribution is -2.27. The predicted octanol–water partition coefficient (Wildman–Crippen LogP) is 3.03. The second-order valence-electron chi connectivity index (χ2n) is 7.18. The van der Waals surface area contributed by atoms with Gasteiger partial charge in [0.25, 0.3) is 5.89 Å². The molecule has 132 valence electrons. The molecule has 7 nitrogen and oxygen atoms in total. The van der Waals surface area contributed by atoms with Crippen LogP contribution in [0.3, 0.4) is 0 Å². The average Bonchev–Trinajstić information content (AvgIpc) is 3.13. The van der Waals surface area contributed by atoms with Crippen LogP contribution in [0, 0.1) is 5.92 Å². The Morgan fingerprint density at radius 3 is 2.88 bits per heavy atom. The van der Waals surface area contributed by atoms with Gasteiger partial charge >= 0.3 is 0 Å². The number of rotatable bonds is 5. The Hall–Kier alpha value is -2.02. The lowest BCUT2D eigenvalue weighted by atomic mass is 10.1. The number of carbonyl (C=O) groups is 1. The Morgan fingerprint density at radius 1 is 1.36 bits per heavy atom. The molecule has 0 aromatic carbocycles. The molecule has 0 spiro atoms. The zero-order valence-electron chi connectivity index (χ0n) is 14.3. The largest absolute Gasteiger partial charge is 0.342 e. The van der Waals surface area contributed by atoms with Crippen LogP contribution in [0.5, 0.6) is 0 Å². The summed E-state index contributed by atoms with van der Waals surface area (Å²) in [5.74, 6) is 2.48. The molecule has 0 bridgehead atoms. The fourth-order valence-electron chi connectivity index (χ4n) is 3.04. The molecule has 1 aliphatic carbocycles. The molecule has 25 heavy (non-hydrogen) atoms. The molecule has 2 fully saturated rings. The van der Waals surface area contributed by atoms with Gasteiger partial charge in [0, 0.05) is 31.3 Å². The van der Waals surface area contributed by atoms with E-state index in [1.807, 2.05) is 18.7 Å². The van der Waals surface area contributed by atoms with E-state index < -0.39 is 0 Å². The quantitative estimate of drug-likeness (QED) is 0.813. The summed E-state index contributed by atoms with van der Waals surface area (Å²) in [6.07, 6.45) is 4.44. The predicted molar refractivity (Wildman–Crippen MR) is 91.1 cm³/mol. The molecule has 1 aliphatic heterocycles. The number of halogens is 1. The van der Waals surface area contributed by atoms with Gasteiger partial charge < -0.3 is 9.42 Å². The van der Waals surface area contributed by atoms with Gasteiger partial charge in [0.15, 0.2) is 11.5 Å². The van der Waals surface area contributed by atoms with Crippen LogP contribution in [0.25, 0.3) is 11.6 Å². The van der Waals surface area contributed by atoms with Crippen molar-refractivity contribution in [2.45, 2.75) is 44.9 Å². The van der Waals surface area contributed by atoms with Crippen molar-refractivity contribution in [3.63, 3.8) is 0 Å². The van der Waals surface area contributed by atoms with Crippen LogP contribution >= 0.6 is 11.6 Å². The fourth-order valence-corrected chi connectivity index (χ4v) is 3.21. The molecule has 2 aromatic heterocycles.